The maximum Gasteiger partial charge on any atom is 0.251 e. The summed E-state index contributed by atoms with van der Waals surface area (Å²) >= 11 is 0. The SMILES string of the molecule is O=C(CN1CCCCC(O)C1=O)NCCc1cccnc1. The maximum atomic E-state index is 11.9. The number of pyridine rings is 1. The Labute approximate surface area is 124 Å². The predicted molar refractivity (Wildman–Crippen MR) is 77.4 cm³/mol. The van der Waals surface area contributed by atoms with Crippen molar-refractivity contribution in [1.29, 1.82) is 0 Å². The largest absolute Gasteiger partial charge is 0.383 e. The third kappa shape index (κ3) is 4.82. The van der Waals surface area contributed by atoms with Gasteiger partial charge in [-0.05, 0) is 37.3 Å². The van der Waals surface area contributed by atoms with Gasteiger partial charge in [-0.15, -0.1) is 0 Å². The lowest BCUT2D eigenvalue weighted by molar-refractivity contribution is -0.142. The number of hydrogen-bond acceptors (Lipinski definition) is 4. The minimum absolute atomic E-state index is 0.0168. The van der Waals surface area contributed by atoms with Crippen LogP contribution >= 0.6 is 0 Å². The van der Waals surface area contributed by atoms with Crippen LogP contribution in [0.1, 0.15) is 24.8 Å². The molecule has 1 aliphatic heterocycles. The second-order valence-electron chi connectivity index (χ2n) is 5.23. The molecular weight excluding hydrogens is 270 g/mol. The molecule has 1 aromatic heterocycles. The molecule has 6 nitrogen and oxygen atoms in total. The quantitative estimate of drug-likeness (QED) is 0.807. The van der Waals surface area contributed by atoms with Crippen molar-refractivity contribution in [2.45, 2.75) is 31.8 Å². The second-order valence-corrected chi connectivity index (χ2v) is 5.23. The molecule has 0 radical (unpaired) electrons. The molecule has 2 rings (SSSR count). The first-order valence-electron chi connectivity index (χ1n) is 7.29. The number of aliphatic hydroxyl groups is 1. The third-order valence-corrected chi connectivity index (χ3v) is 3.55. The van der Waals surface area contributed by atoms with Gasteiger partial charge in [0.25, 0.3) is 5.91 Å². The molecular formula is C15H21N3O3. The highest BCUT2D eigenvalue weighted by molar-refractivity contribution is 5.87. The monoisotopic (exact) mass is 291 g/mol. The minimum Gasteiger partial charge on any atom is -0.383 e. The zero-order chi connectivity index (χ0) is 15.1. The molecule has 0 saturated carbocycles. The smallest absolute Gasteiger partial charge is 0.251 e. The number of nitrogens with one attached hydrogen (secondary N) is 1. The van der Waals surface area contributed by atoms with Crippen LogP contribution in [0.3, 0.4) is 0 Å². The van der Waals surface area contributed by atoms with Crippen molar-refractivity contribution < 1.29 is 14.7 Å². The number of hydrogen-bond donors (Lipinski definition) is 2. The lowest BCUT2D eigenvalue weighted by Crippen LogP contribution is -2.44. The van der Waals surface area contributed by atoms with E-state index in [9.17, 15) is 14.7 Å². The van der Waals surface area contributed by atoms with Crippen LogP contribution < -0.4 is 5.32 Å². The second kappa shape index (κ2) is 7.73. The fraction of sp³-hybridized carbons (Fsp3) is 0.533. The number of aliphatic hydroxyl groups excluding tert-OH is 1. The van der Waals surface area contributed by atoms with Crippen LogP contribution in [-0.2, 0) is 16.0 Å². The summed E-state index contributed by atoms with van der Waals surface area (Å²) in [7, 11) is 0. The summed E-state index contributed by atoms with van der Waals surface area (Å²) in [4.78, 5) is 29.2. The van der Waals surface area contributed by atoms with E-state index in [2.05, 4.69) is 10.3 Å². The van der Waals surface area contributed by atoms with Gasteiger partial charge in [-0.3, -0.25) is 14.6 Å². The topological polar surface area (TPSA) is 82.5 Å². The average Bonchev–Trinajstić information content (AvgIpc) is 2.64. The van der Waals surface area contributed by atoms with Crippen molar-refractivity contribution >= 4 is 11.8 Å². The Balaban J connectivity index is 1.74. The molecule has 1 saturated heterocycles. The molecule has 0 spiro atoms. The molecule has 2 N–H and O–H groups in total. The van der Waals surface area contributed by atoms with E-state index >= 15 is 0 Å². The van der Waals surface area contributed by atoms with Gasteiger partial charge in [0.1, 0.15) is 6.10 Å². The van der Waals surface area contributed by atoms with Crippen molar-refractivity contribution in [1.82, 2.24) is 15.2 Å². The Kier molecular flexibility index (Phi) is 5.68. The normalized spacial score (nSPS) is 19.2. The predicted octanol–water partition coefficient (Wildman–Crippen LogP) is 0.114. The summed E-state index contributed by atoms with van der Waals surface area (Å²) in [5, 5.41) is 12.4. The molecule has 0 bridgehead atoms. The van der Waals surface area contributed by atoms with E-state index in [1.54, 1.807) is 12.4 Å². The first-order valence-corrected chi connectivity index (χ1v) is 7.29. The zero-order valence-electron chi connectivity index (χ0n) is 12.0. The number of rotatable bonds is 5. The lowest BCUT2D eigenvalue weighted by atomic mass is 10.2. The molecule has 6 heteroatoms. The molecule has 0 aromatic carbocycles. The van der Waals surface area contributed by atoms with Crippen LogP contribution in [0.4, 0.5) is 0 Å². The van der Waals surface area contributed by atoms with Crippen molar-refractivity contribution in [3.05, 3.63) is 30.1 Å². The fourth-order valence-electron chi connectivity index (χ4n) is 2.36. The summed E-state index contributed by atoms with van der Waals surface area (Å²) in [5.74, 6) is -0.531. The van der Waals surface area contributed by atoms with Gasteiger partial charge >= 0.3 is 0 Å². The Hall–Kier alpha value is -1.95. The highest BCUT2D eigenvalue weighted by atomic mass is 16.3. The molecule has 114 valence electrons. The van der Waals surface area contributed by atoms with Crippen LogP contribution in [0.15, 0.2) is 24.5 Å². The third-order valence-electron chi connectivity index (χ3n) is 3.55. The number of likely N-dealkylation sites (tertiary alicyclic amines) is 1. The fourth-order valence-corrected chi connectivity index (χ4v) is 2.36. The summed E-state index contributed by atoms with van der Waals surface area (Å²) in [6.07, 6.45) is 5.33. The van der Waals surface area contributed by atoms with Crippen LogP contribution in [0.25, 0.3) is 0 Å². The molecule has 1 fully saturated rings. The lowest BCUT2D eigenvalue weighted by Gasteiger charge is -2.21. The van der Waals surface area contributed by atoms with Crippen LogP contribution in [0.2, 0.25) is 0 Å². The summed E-state index contributed by atoms with van der Waals surface area (Å²) in [5.41, 5.74) is 1.05. The molecule has 1 atom stereocenters. The summed E-state index contributed by atoms with van der Waals surface area (Å²) in [6.45, 7) is 1.06. The van der Waals surface area contributed by atoms with E-state index < -0.39 is 6.10 Å². The van der Waals surface area contributed by atoms with Crippen LogP contribution in [-0.4, -0.2) is 52.5 Å². The van der Waals surface area contributed by atoms with Crippen molar-refractivity contribution in [3.8, 4) is 0 Å². The van der Waals surface area contributed by atoms with E-state index in [1.165, 1.54) is 4.90 Å². The summed E-state index contributed by atoms with van der Waals surface area (Å²) in [6, 6.07) is 3.81. The standard InChI is InChI=1S/C15H21N3O3/c19-13-5-1-2-9-18(15(13)21)11-14(20)17-8-6-12-4-3-7-16-10-12/h3-4,7,10,13,19H,1-2,5-6,8-9,11H2,(H,17,20). The van der Waals surface area contributed by atoms with Gasteiger partial charge < -0.3 is 15.3 Å². The van der Waals surface area contributed by atoms with Crippen molar-refractivity contribution in [2.75, 3.05) is 19.6 Å². The first-order chi connectivity index (χ1) is 10.2. The van der Waals surface area contributed by atoms with Crippen molar-refractivity contribution in [3.63, 3.8) is 0 Å². The number of amides is 2. The zero-order valence-corrected chi connectivity index (χ0v) is 12.0. The molecule has 1 unspecified atom stereocenters. The number of aromatic nitrogens is 1. The number of carbonyl (C=O) groups is 2. The van der Waals surface area contributed by atoms with Gasteiger partial charge in [0.2, 0.25) is 5.91 Å². The molecule has 1 aliphatic rings. The van der Waals surface area contributed by atoms with Crippen LogP contribution in [0, 0.1) is 0 Å². The Bertz CT molecular complexity index is 478. The molecule has 1 aromatic rings. The Morgan fingerprint density at radius 1 is 1.48 bits per heavy atom. The van der Waals surface area contributed by atoms with E-state index in [4.69, 9.17) is 0 Å². The van der Waals surface area contributed by atoms with Gasteiger partial charge in [-0.25, -0.2) is 0 Å². The Morgan fingerprint density at radius 3 is 3.10 bits per heavy atom. The minimum atomic E-state index is -0.962. The highest BCUT2D eigenvalue weighted by Crippen LogP contribution is 2.11. The van der Waals surface area contributed by atoms with Gasteiger partial charge in [0.15, 0.2) is 0 Å². The average molecular weight is 291 g/mol. The first kappa shape index (κ1) is 15.4. The molecule has 2 heterocycles. The van der Waals surface area contributed by atoms with Gasteiger partial charge in [-0.2, -0.15) is 0 Å². The van der Waals surface area contributed by atoms with Gasteiger partial charge in [0, 0.05) is 25.5 Å². The maximum absolute atomic E-state index is 11.9. The van der Waals surface area contributed by atoms with E-state index in [-0.39, 0.29) is 18.4 Å². The van der Waals surface area contributed by atoms with Gasteiger partial charge in [-0.1, -0.05) is 6.07 Å². The Morgan fingerprint density at radius 2 is 2.33 bits per heavy atom. The van der Waals surface area contributed by atoms with E-state index in [0.29, 0.717) is 25.9 Å². The highest BCUT2D eigenvalue weighted by Gasteiger charge is 2.26. The van der Waals surface area contributed by atoms with Crippen LogP contribution in [0.5, 0.6) is 0 Å². The van der Waals surface area contributed by atoms with E-state index in [0.717, 1.165) is 18.4 Å². The molecule has 21 heavy (non-hydrogen) atoms. The van der Waals surface area contributed by atoms with E-state index in [1.807, 2.05) is 12.1 Å². The molecule has 0 aliphatic carbocycles. The van der Waals surface area contributed by atoms with Gasteiger partial charge in [0.05, 0.1) is 6.54 Å². The summed E-state index contributed by atoms with van der Waals surface area (Å²) < 4.78 is 0. The number of nitrogens with zero attached hydrogens (tertiary/aromatic N) is 2. The number of carbonyl (C=O) groups excluding carboxylic acids is 2. The molecule has 2 amide bonds. The van der Waals surface area contributed by atoms with Crippen molar-refractivity contribution in [2.24, 2.45) is 0 Å².